The molecule has 1 aromatic carbocycles. The Morgan fingerprint density at radius 2 is 1.69 bits per heavy atom. The summed E-state index contributed by atoms with van der Waals surface area (Å²) in [6, 6.07) is 7.63. The molecule has 138 valence electrons. The molecular weight excluding hydrogens is 324 g/mol. The lowest BCUT2D eigenvalue weighted by Crippen LogP contribution is -2.57. The summed E-state index contributed by atoms with van der Waals surface area (Å²) in [5, 5.41) is 3.11. The third-order valence-corrected chi connectivity index (χ3v) is 7.39. The van der Waals surface area contributed by atoms with Crippen LogP contribution in [0.3, 0.4) is 0 Å². The molecule has 4 saturated carbocycles. The lowest BCUT2D eigenvalue weighted by Gasteiger charge is -2.55. The van der Waals surface area contributed by atoms with E-state index in [2.05, 4.69) is 11.4 Å². The molecule has 26 heavy (non-hydrogen) atoms. The van der Waals surface area contributed by atoms with Crippen LogP contribution in [0.15, 0.2) is 24.3 Å². The second-order valence-corrected chi connectivity index (χ2v) is 9.26. The van der Waals surface area contributed by atoms with Crippen LogP contribution in [0.2, 0.25) is 0 Å². The van der Waals surface area contributed by atoms with E-state index < -0.39 is 6.04 Å². The fraction of sp³-hybridized carbons (Fsp3) is 0.636. The average Bonchev–Trinajstić information content (AvgIpc) is 3.04. The summed E-state index contributed by atoms with van der Waals surface area (Å²) in [6.07, 6.45) is 8.00. The van der Waals surface area contributed by atoms with Crippen LogP contribution in [0.4, 0.5) is 5.69 Å². The van der Waals surface area contributed by atoms with Crippen molar-refractivity contribution in [3.8, 4) is 0 Å². The van der Waals surface area contributed by atoms with Crippen molar-refractivity contribution in [3.63, 3.8) is 0 Å². The highest BCUT2D eigenvalue weighted by atomic mass is 16.2. The van der Waals surface area contributed by atoms with Gasteiger partial charge in [0, 0.05) is 17.6 Å². The van der Waals surface area contributed by atoms with Gasteiger partial charge >= 0.3 is 0 Å². The average molecular weight is 352 g/mol. The van der Waals surface area contributed by atoms with Gasteiger partial charge in [-0.3, -0.25) is 9.59 Å². The Hall–Kier alpha value is -1.84. The molecule has 1 aliphatic heterocycles. The van der Waals surface area contributed by atoms with Crippen LogP contribution in [0.1, 0.15) is 51.0 Å². The topological polar surface area (TPSA) is 49.4 Å². The van der Waals surface area contributed by atoms with Gasteiger partial charge in [0.1, 0.15) is 6.04 Å². The van der Waals surface area contributed by atoms with Crippen molar-refractivity contribution in [3.05, 3.63) is 29.8 Å². The Kier molecular flexibility index (Phi) is 3.67. The minimum absolute atomic E-state index is 0.0213. The molecule has 4 aliphatic carbocycles. The molecule has 0 aromatic heterocycles. The summed E-state index contributed by atoms with van der Waals surface area (Å²) in [5.74, 6) is 2.38. The number of hydrogen-bond acceptors (Lipinski definition) is 2. The van der Waals surface area contributed by atoms with Crippen LogP contribution in [-0.4, -0.2) is 24.4 Å². The molecule has 4 heteroatoms. The molecule has 6 rings (SSSR count). The Labute approximate surface area is 155 Å². The Bertz CT molecular complexity index is 721. The lowest BCUT2D eigenvalue weighted by molar-refractivity contribution is -0.148. The van der Waals surface area contributed by atoms with E-state index >= 15 is 0 Å². The van der Waals surface area contributed by atoms with Crippen molar-refractivity contribution in [1.82, 2.24) is 5.32 Å². The summed E-state index contributed by atoms with van der Waals surface area (Å²) in [4.78, 5) is 28.0. The van der Waals surface area contributed by atoms with E-state index in [-0.39, 0.29) is 17.2 Å². The molecule has 0 unspecified atom stereocenters. The van der Waals surface area contributed by atoms with Gasteiger partial charge in [0.2, 0.25) is 11.8 Å². The molecule has 2 amide bonds. The molecule has 5 aliphatic rings. The van der Waals surface area contributed by atoms with Gasteiger partial charge in [-0.2, -0.15) is 0 Å². The normalized spacial score (nSPS) is 35.3. The van der Waals surface area contributed by atoms with Gasteiger partial charge in [0.15, 0.2) is 0 Å². The molecule has 1 atom stereocenters. The molecule has 1 aromatic rings. The maximum atomic E-state index is 13.2. The second-order valence-electron chi connectivity index (χ2n) is 9.26. The van der Waals surface area contributed by atoms with Crippen LogP contribution in [-0.2, 0) is 16.0 Å². The molecule has 0 spiro atoms. The first-order valence-electron chi connectivity index (χ1n) is 10.2. The number of rotatable bonds is 3. The first-order chi connectivity index (χ1) is 12.5. The third-order valence-electron chi connectivity index (χ3n) is 7.39. The maximum Gasteiger partial charge on any atom is 0.249 e. The summed E-state index contributed by atoms with van der Waals surface area (Å²) in [6.45, 7) is 2.57. The number of hydrogen-bond donors (Lipinski definition) is 1. The monoisotopic (exact) mass is 352 g/mol. The Morgan fingerprint density at radius 3 is 2.35 bits per heavy atom. The van der Waals surface area contributed by atoms with E-state index in [1.807, 2.05) is 30.0 Å². The van der Waals surface area contributed by atoms with Crippen LogP contribution in [0, 0.1) is 23.2 Å². The molecule has 1 heterocycles. The van der Waals surface area contributed by atoms with Crippen molar-refractivity contribution >= 4 is 17.5 Å². The summed E-state index contributed by atoms with van der Waals surface area (Å²) < 4.78 is 0. The zero-order valence-electron chi connectivity index (χ0n) is 15.5. The number of carbonyl (C=O) groups excluding carboxylic acids is 2. The van der Waals surface area contributed by atoms with Gasteiger partial charge in [-0.05, 0) is 81.3 Å². The molecule has 1 N–H and O–H groups in total. The van der Waals surface area contributed by atoms with Gasteiger partial charge in [-0.1, -0.05) is 18.2 Å². The van der Waals surface area contributed by atoms with Crippen molar-refractivity contribution in [2.45, 2.75) is 57.9 Å². The summed E-state index contributed by atoms with van der Waals surface area (Å²) in [5.41, 5.74) is 2.04. The Balaban J connectivity index is 1.29. The fourth-order valence-electron chi connectivity index (χ4n) is 6.60. The minimum atomic E-state index is -0.457. The highest BCUT2D eigenvalue weighted by Gasteiger charge is 2.54. The highest BCUT2D eigenvalue weighted by Crippen LogP contribution is 2.60. The van der Waals surface area contributed by atoms with Gasteiger partial charge < -0.3 is 10.2 Å². The number of carbonyl (C=O) groups is 2. The molecular formula is C22H28N2O2. The van der Waals surface area contributed by atoms with Crippen LogP contribution in [0.5, 0.6) is 0 Å². The number of nitrogens with zero attached hydrogens (tertiary/aromatic N) is 1. The maximum absolute atomic E-state index is 13.2. The zero-order valence-corrected chi connectivity index (χ0v) is 15.5. The quantitative estimate of drug-likeness (QED) is 0.907. The van der Waals surface area contributed by atoms with E-state index in [4.69, 9.17) is 0 Å². The minimum Gasteiger partial charge on any atom is -0.344 e. The SMILES string of the molecule is C[C@H](NC(=O)C12CC3CC(CC(C3)C1)C2)C(=O)N1CCc2ccccc21. The highest BCUT2D eigenvalue weighted by molar-refractivity contribution is 6.01. The van der Waals surface area contributed by atoms with Gasteiger partial charge in [0.25, 0.3) is 0 Å². The molecule has 4 bridgehead atoms. The Morgan fingerprint density at radius 1 is 1.08 bits per heavy atom. The number of fused-ring (bicyclic) bond motifs is 1. The van der Waals surface area contributed by atoms with Crippen molar-refractivity contribution < 1.29 is 9.59 Å². The van der Waals surface area contributed by atoms with Gasteiger partial charge in [0.05, 0.1) is 0 Å². The number of amides is 2. The van der Waals surface area contributed by atoms with Crippen LogP contribution >= 0.6 is 0 Å². The van der Waals surface area contributed by atoms with E-state index in [0.717, 1.165) is 55.7 Å². The van der Waals surface area contributed by atoms with Crippen molar-refractivity contribution in [2.75, 3.05) is 11.4 Å². The lowest BCUT2D eigenvalue weighted by atomic mass is 9.49. The predicted octanol–water partition coefficient (Wildman–Crippen LogP) is 3.30. The van der Waals surface area contributed by atoms with E-state index in [1.165, 1.54) is 24.8 Å². The second kappa shape index (κ2) is 5.83. The summed E-state index contributed by atoms with van der Waals surface area (Å²) in [7, 11) is 0. The third kappa shape index (κ3) is 2.49. The molecule has 4 nitrogen and oxygen atoms in total. The fourth-order valence-corrected chi connectivity index (χ4v) is 6.60. The van der Waals surface area contributed by atoms with E-state index in [0.29, 0.717) is 0 Å². The van der Waals surface area contributed by atoms with Crippen LogP contribution < -0.4 is 10.2 Å². The van der Waals surface area contributed by atoms with E-state index in [1.54, 1.807) is 0 Å². The summed E-state index contributed by atoms with van der Waals surface area (Å²) >= 11 is 0. The number of anilines is 1. The molecule has 0 radical (unpaired) electrons. The van der Waals surface area contributed by atoms with Gasteiger partial charge in [-0.25, -0.2) is 0 Å². The smallest absolute Gasteiger partial charge is 0.249 e. The zero-order chi connectivity index (χ0) is 17.9. The predicted molar refractivity (Wildman–Crippen MR) is 101 cm³/mol. The standard InChI is InChI=1S/C22H28N2O2/c1-14(20(25)24-7-6-18-4-2-3-5-19(18)24)23-21(26)22-11-15-8-16(12-22)10-17(9-15)13-22/h2-5,14-17H,6-13H2,1H3,(H,23,26)/t14-,15?,16?,17?,22?/m0/s1. The number of nitrogens with one attached hydrogen (secondary N) is 1. The van der Waals surface area contributed by atoms with Crippen LogP contribution in [0.25, 0.3) is 0 Å². The molecule has 0 saturated heterocycles. The van der Waals surface area contributed by atoms with Gasteiger partial charge in [-0.15, -0.1) is 0 Å². The van der Waals surface area contributed by atoms with Crippen molar-refractivity contribution in [2.24, 2.45) is 23.2 Å². The van der Waals surface area contributed by atoms with Crippen molar-refractivity contribution in [1.29, 1.82) is 0 Å². The number of benzene rings is 1. The molecule has 4 fully saturated rings. The first kappa shape index (κ1) is 16.3. The number of para-hydroxylation sites is 1. The van der Waals surface area contributed by atoms with E-state index in [9.17, 15) is 9.59 Å². The largest absolute Gasteiger partial charge is 0.344 e. The first-order valence-corrected chi connectivity index (χ1v) is 10.2.